The van der Waals surface area contributed by atoms with Gasteiger partial charge in [-0.15, -0.1) is 0 Å². The van der Waals surface area contributed by atoms with Gasteiger partial charge in [0.2, 0.25) is 0 Å². The van der Waals surface area contributed by atoms with Gasteiger partial charge in [-0.1, -0.05) is 18.2 Å². The first-order valence-electron chi connectivity index (χ1n) is 8.28. The van der Waals surface area contributed by atoms with Crippen LogP contribution in [0, 0.1) is 5.41 Å². The van der Waals surface area contributed by atoms with Gasteiger partial charge >= 0.3 is 5.97 Å². The minimum absolute atomic E-state index is 0.0357. The van der Waals surface area contributed by atoms with Crippen molar-refractivity contribution in [1.82, 2.24) is 4.90 Å². The molecule has 120 valence electrons. The van der Waals surface area contributed by atoms with Gasteiger partial charge in [0.15, 0.2) is 0 Å². The molecule has 0 unspecified atom stereocenters. The van der Waals surface area contributed by atoms with Crippen LogP contribution in [0.4, 0.5) is 5.69 Å². The van der Waals surface area contributed by atoms with Crippen LogP contribution in [0.1, 0.15) is 26.7 Å². The predicted octanol–water partition coefficient (Wildman–Crippen LogP) is 2.54. The summed E-state index contributed by atoms with van der Waals surface area (Å²) >= 11 is 0. The lowest BCUT2D eigenvalue weighted by Gasteiger charge is -2.36. The maximum absolute atomic E-state index is 11.7. The summed E-state index contributed by atoms with van der Waals surface area (Å²) in [7, 11) is 0. The Morgan fingerprint density at radius 2 is 1.82 bits per heavy atom. The van der Waals surface area contributed by atoms with Crippen molar-refractivity contribution in [3.63, 3.8) is 0 Å². The number of hydrogen-bond donors (Lipinski definition) is 0. The van der Waals surface area contributed by atoms with E-state index in [0.29, 0.717) is 0 Å². The molecular weight excluding hydrogens is 276 g/mol. The van der Waals surface area contributed by atoms with Crippen molar-refractivity contribution in [2.45, 2.75) is 32.8 Å². The number of carbonyl (C=O) groups is 1. The lowest BCUT2D eigenvalue weighted by atomic mass is 9.89. The van der Waals surface area contributed by atoms with Crippen molar-refractivity contribution < 1.29 is 9.53 Å². The topological polar surface area (TPSA) is 32.8 Å². The monoisotopic (exact) mass is 302 g/mol. The summed E-state index contributed by atoms with van der Waals surface area (Å²) in [5.41, 5.74) is 1.02. The lowest BCUT2D eigenvalue weighted by molar-refractivity contribution is -0.147. The van der Waals surface area contributed by atoms with E-state index in [1.807, 2.05) is 13.8 Å². The summed E-state index contributed by atoms with van der Waals surface area (Å²) in [6.07, 6.45) is 1.92. The first-order chi connectivity index (χ1) is 10.5. The van der Waals surface area contributed by atoms with E-state index < -0.39 is 0 Å². The van der Waals surface area contributed by atoms with Gasteiger partial charge in [0, 0.05) is 38.4 Å². The van der Waals surface area contributed by atoms with Crippen LogP contribution in [0.15, 0.2) is 30.3 Å². The number of para-hydroxylation sites is 1. The molecule has 0 bridgehead atoms. The molecule has 2 fully saturated rings. The second-order valence-electron chi connectivity index (χ2n) is 7.07. The van der Waals surface area contributed by atoms with E-state index >= 15 is 0 Å². The Morgan fingerprint density at radius 3 is 2.41 bits per heavy atom. The minimum Gasteiger partial charge on any atom is -0.462 e. The number of carbonyl (C=O) groups excluding carboxylic acids is 1. The van der Waals surface area contributed by atoms with Crippen LogP contribution < -0.4 is 4.90 Å². The zero-order valence-corrected chi connectivity index (χ0v) is 13.6. The molecule has 4 heteroatoms. The largest absolute Gasteiger partial charge is 0.462 e. The second-order valence-corrected chi connectivity index (χ2v) is 7.07. The molecule has 3 rings (SSSR count). The quantitative estimate of drug-likeness (QED) is 0.800. The van der Waals surface area contributed by atoms with Crippen LogP contribution >= 0.6 is 0 Å². The average Bonchev–Trinajstić information content (AvgIpc) is 2.79. The summed E-state index contributed by atoms with van der Waals surface area (Å²) in [6, 6.07) is 10.6. The molecule has 0 amide bonds. The van der Waals surface area contributed by atoms with E-state index in [1.54, 1.807) is 0 Å². The normalized spacial score (nSPS) is 25.3. The first kappa shape index (κ1) is 15.3. The van der Waals surface area contributed by atoms with Crippen LogP contribution in [-0.4, -0.2) is 49.7 Å². The number of cyclic esters (lactones) is 1. The molecule has 0 aliphatic carbocycles. The Morgan fingerprint density at radius 1 is 1.14 bits per heavy atom. The Balaban J connectivity index is 1.42. The zero-order valence-electron chi connectivity index (χ0n) is 13.6. The van der Waals surface area contributed by atoms with Crippen molar-refractivity contribution in [3.8, 4) is 0 Å². The molecule has 22 heavy (non-hydrogen) atoms. The summed E-state index contributed by atoms with van der Waals surface area (Å²) in [5.74, 6) is -0.0357. The van der Waals surface area contributed by atoms with Gasteiger partial charge in [-0.25, -0.2) is 0 Å². The fraction of sp³-hybridized carbons (Fsp3) is 0.611. The minimum atomic E-state index is -0.295. The molecule has 1 aromatic rings. The van der Waals surface area contributed by atoms with Crippen LogP contribution in [0.5, 0.6) is 0 Å². The van der Waals surface area contributed by atoms with E-state index in [2.05, 4.69) is 40.1 Å². The number of hydrogen-bond acceptors (Lipinski definition) is 4. The maximum Gasteiger partial charge on any atom is 0.311 e. The second kappa shape index (κ2) is 6.29. The fourth-order valence-corrected chi connectivity index (χ4v) is 3.36. The molecule has 4 nitrogen and oxygen atoms in total. The van der Waals surface area contributed by atoms with E-state index in [4.69, 9.17) is 4.74 Å². The highest BCUT2D eigenvalue weighted by Gasteiger charge is 2.41. The highest BCUT2D eigenvalue weighted by molar-refractivity contribution is 5.78. The standard InChI is InChI=1S/C18H26N2O2/c1-18(2)14-16(22-17(18)21)8-9-19-10-12-20(13-11-19)15-6-4-3-5-7-15/h3-7,16H,8-14H2,1-2H3/t16-/m1/s1. The molecule has 2 aliphatic heterocycles. The van der Waals surface area contributed by atoms with Crippen molar-refractivity contribution in [2.24, 2.45) is 5.41 Å². The number of anilines is 1. The molecule has 2 heterocycles. The Hall–Kier alpha value is -1.55. The first-order valence-corrected chi connectivity index (χ1v) is 8.28. The van der Waals surface area contributed by atoms with Crippen molar-refractivity contribution in [1.29, 1.82) is 0 Å². The average molecular weight is 302 g/mol. The summed E-state index contributed by atoms with van der Waals surface area (Å²) in [4.78, 5) is 16.6. The molecular formula is C18H26N2O2. The van der Waals surface area contributed by atoms with E-state index in [1.165, 1.54) is 5.69 Å². The summed E-state index contributed by atoms with van der Waals surface area (Å²) in [5, 5.41) is 0. The van der Waals surface area contributed by atoms with Gasteiger partial charge < -0.3 is 9.64 Å². The van der Waals surface area contributed by atoms with Crippen LogP contribution in [-0.2, 0) is 9.53 Å². The van der Waals surface area contributed by atoms with Gasteiger partial charge in [0.05, 0.1) is 5.41 Å². The molecule has 2 aliphatic rings. The lowest BCUT2D eigenvalue weighted by Crippen LogP contribution is -2.47. The van der Waals surface area contributed by atoms with Crippen molar-refractivity contribution in [3.05, 3.63) is 30.3 Å². The highest BCUT2D eigenvalue weighted by atomic mass is 16.6. The molecule has 2 saturated heterocycles. The molecule has 1 aromatic carbocycles. The summed E-state index contributed by atoms with van der Waals surface area (Å²) in [6.45, 7) is 9.29. The highest BCUT2D eigenvalue weighted by Crippen LogP contribution is 2.34. The van der Waals surface area contributed by atoms with Gasteiger partial charge in [0.25, 0.3) is 0 Å². The number of benzene rings is 1. The summed E-state index contributed by atoms with van der Waals surface area (Å²) < 4.78 is 5.48. The molecule has 0 spiro atoms. The van der Waals surface area contributed by atoms with Crippen LogP contribution in [0.25, 0.3) is 0 Å². The van der Waals surface area contributed by atoms with Gasteiger partial charge in [-0.05, 0) is 38.8 Å². The molecule has 1 atom stereocenters. The Labute approximate surface area is 133 Å². The third-order valence-corrected chi connectivity index (χ3v) is 4.83. The maximum atomic E-state index is 11.7. The Bertz CT molecular complexity index is 507. The molecule has 0 radical (unpaired) electrons. The van der Waals surface area contributed by atoms with E-state index in [-0.39, 0.29) is 17.5 Å². The smallest absolute Gasteiger partial charge is 0.311 e. The van der Waals surface area contributed by atoms with Gasteiger partial charge in [-0.3, -0.25) is 9.69 Å². The number of rotatable bonds is 4. The number of piperazine rings is 1. The Kier molecular flexibility index (Phi) is 4.39. The van der Waals surface area contributed by atoms with Crippen molar-refractivity contribution in [2.75, 3.05) is 37.6 Å². The molecule has 0 aromatic heterocycles. The third-order valence-electron chi connectivity index (χ3n) is 4.83. The SMILES string of the molecule is CC1(C)C[C@@H](CCN2CCN(c3ccccc3)CC2)OC1=O. The predicted molar refractivity (Wildman–Crippen MR) is 88.0 cm³/mol. The van der Waals surface area contributed by atoms with E-state index in [9.17, 15) is 4.79 Å². The van der Waals surface area contributed by atoms with Crippen LogP contribution in [0.2, 0.25) is 0 Å². The number of ether oxygens (including phenoxy) is 1. The van der Waals surface area contributed by atoms with Crippen molar-refractivity contribution >= 4 is 11.7 Å². The van der Waals surface area contributed by atoms with Gasteiger partial charge in [-0.2, -0.15) is 0 Å². The third kappa shape index (κ3) is 3.43. The fourth-order valence-electron chi connectivity index (χ4n) is 3.36. The number of nitrogens with zero attached hydrogens (tertiary/aromatic N) is 2. The zero-order chi connectivity index (χ0) is 15.6. The molecule has 0 saturated carbocycles. The van der Waals surface area contributed by atoms with Gasteiger partial charge in [0.1, 0.15) is 6.10 Å². The van der Waals surface area contributed by atoms with E-state index in [0.717, 1.165) is 45.6 Å². The molecule has 0 N–H and O–H groups in total. The number of esters is 1. The van der Waals surface area contributed by atoms with Crippen LogP contribution in [0.3, 0.4) is 0 Å².